The standard InChI is InChI=1S/C53H71N9O12/c1-30(2)25-38(57-46(66)33(6)55-45(65)32(5)56-51(71)44(31(3)4)61-50(70)42-23-16-24-62(42)52(72)37(54)29-43(63)64)47(67)58-39(26-34-17-10-7-11-18-34)48(68)59-40(27-35-19-12-8-13-20-35)49(69)60-41(53(73)74)28-36-21-14-9-15-22-36/h7-15,17-22,30-33,37-42,44H,16,23-29,54H2,1-6H3,(H,55,65)(H,56,71)(H,57,66)(H,58,67)(H,59,68)(H,60,69)(H,61,70)(H,63,64)(H,73,74)/t32-,33-,37-,38-,39-,40-,41-,42-,44-/m0/s1. The van der Waals surface area contributed by atoms with Gasteiger partial charge in [-0.3, -0.25) is 43.2 Å². The van der Waals surface area contributed by atoms with Crippen LogP contribution in [0.15, 0.2) is 91.0 Å². The lowest BCUT2D eigenvalue weighted by atomic mass is 9.99. The summed E-state index contributed by atoms with van der Waals surface area (Å²) in [6.07, 6.45) is 0.110. The van der Waals surface area contributed by atoms with E-state index in [1.54, 1.807) is 105 Å². The molecule has 0 spiro atoms. The Morgan fingerprint density at radius 1 is 0.541 bits per heavy atom. The number of nitrogens with one attached hydrogen (secondary N) is 7. The second-order valence-corrected chi connectivity index (χ2v) is 19.4. The molecular formula is C53H71N9O12. The maximum absolute atomic E-state index is 14.4. The van der Waals surface area contributed by atoms with Gasteiger partial charge in [0, 0.05) is 25.8 Å². The molecule has 1 aliphatic heterocycles. The second-order valence-electron chi connectivity index (χ2n) is 19.4. The van der Waals surface area contributed by atoms with E-state index < -0.39 is 126 Å². The predicted octanol–water partition coefficient (Wildman–Crippen LogP) is 0.728. The van der Waals surface area contributed by atoms with Crippen LogP contribution in [0.4, 0.5) is 0 Å². The molecule has 0 bridgehead atoms. The van der Waals surface area contributed by atoms with Crippen LogP contribution in [-0.4, -0.2) is 135 Å². The predicted molar refractivity (Wildman–Crippen MR) is 272 cm³/mol. The molecule has 74 heavy (non-hydrogen) atoms. The zero-order valence-electron chi connectivity index (χ0n) is 42.7. The molecule has 1 aliphatic rings. The third kappa shape index (κ3) is 18.4. The summed E-state index contributed by atoms with van der Waals surface area (Å²) in [5, 5.41) is 37.7. The Kier molecular flexibility index (Phi) is 22.7. The summed E-state index contributed by atoms with van der Waals surface area (Å²) in [5.74, 6) is -9.08. The number of amides is 8. The zero-order chi connectivity index (χ0) is 54.6. The van der Waals surface area contributed by atoms with E-state index >= 15 is 0 Å². The minimum absolute atomic E-state index is 0.0217. The smallest absolute Gasteiger partial charge is 0.326 e. The number of hydrogen-bond donors (Lipinski definition) is 10. The molecule has 3 aromatic carbocycles. The summed E-state index contributed by atoms with van der Waals surface area (Å²) in [6.45, 7) is 9.88. The highest BCUT2D eigenvalue weighted by Gasteiger charge is 2.39. The van der Waals surface area contributed by atoms with Gasteiger partial charge in [0.25, 0.3) is 0 Å². The van der Waals surface area contributed by atoms with E-state index in [2.05, 4.69) is 37.2 Å². The Balaban J connectivity index is 1.45. The van der Waals surface area contributed by atoms with Gasteiger partial charge in [0.05, 0.1) is 12.5 Å². The zero-order valence-corrected chi connectivity index (χ0v) is 42.7. The Morgan fingerprint density at radius 3 is 1.38 bits per heavy atom. The van der Waals surface area contributed by atoms with E-state index in [0.29, 0.717) is 23.1 Å². The van der Waals surface area contributed by atoms with Gasteiger partial charge in [-0.2, -0.15) is 0 Å². The number of nitrogens with two attached hydrogens (primary N) is 1. The third-order valence-corrected chi connectivity index (χ3v) is 12.4. The summed E-state index contributed by atoms with van der Waals surface area (Å²) in [4.78, 5) is 134. The van der Waals surface area contributed by atoms with Crippen molar-refractivity contribution in [1.29, 1.82) is 0 Å². The average molecular weight is 1030 g/mol. The van der Waals surface area contributed by atoms with E-state index in [1.807, 2.05) is 13.8 Å². The Labute approximate surface area is 430 Å². The van der Waals surface area contributed by atoms with Gasteiger partial charge in [-0.05, 0) is 61.6 Å². The summed E-state index contributed by atoms with van der Waals surface area (Å²) in [6, 6.07) is 15.2. The lowest BCUT2D eigenvalue weighted by molar-refractivity contribution is -0.144. The van der Waals surface area contributed by atoms with Gasteiger partial charge < -0.3 is 58.1 Å². The Hall–Kier alpha value is -7.68. The molecule has 9 atom stereocenters. The number of hydrogen-bond acceptors (Lipinski definition) is 11. The molecule has 0 radical (unpaired) electrons. The van der Waals surface area contributed by atoms with Gasteiger partial charge in [0.2, 0.25) is 47.3 Å². The van der Waals surface area contributed by atoms with Crippen molar-refractivity contribution in [1.82, 2.24) is 42.1 Å². The molecule has 1 fully saturated rings. The van der Waals surface area contributed by atoms with Gasteiger partial charge in [-0.25, -0.2) is 4.79 Å². The van der Waals surface area contributed by atoms with Crippen molar-refractivity contribution >= 4 is 59.2 Å². The first-order valence-electron chi connectivity index (χ1n) is 24.8. The molecular weight excluding hydrogens is 955 g/mol. The fourth-order valence-electron chi connectivity index (χ4n) is 8.33. The van der Waals surface area contributed by atoms with E-state index in [4.69, 9.17) is 10.8 Å². The first kappa shape index (κ1) is 58.9. The van der Waals surface area contributed by atoms with E-state index in [-0.39, 0.29) is 44.6 Å². The summed E-state index contributed by atoms with van der Waals surface area (Å²) >= 11 is 0. The van der Waals surface area contributed by atoms with Crippen LogP contribution in [0.2, 0.25) is 0 Å². The molecule has 0 unspecified atom stereocenters. The molecule has 8 amide bonds. The van der Waals surface area contributed by atoms with E-state index in [0.717, 1.165) is 0 Å². The molecule has 1 saturated heterocycles. The van der Waals surface area contributed by atoms with Crippen LogP contribution in [0, 0.1) is 11.8 Å². The number of carbonyl (C=O) groups excluding carboxylic acids is 8. The van der Waals surface area contributed by atoms with Gasteiger partial charge >= 0.3 is 11.9 Å². The second kappa shape index (κ2) is 28.5. The third-order valence-electron chi connectivity index (χ3n) is 12.4. The minimum Gasteiger partial charge on any atom is -0.481 e. The van der Waals surface area contributed by atoms with E-state index in [9.17, 15) is 53.1 Å². The lowest BCUT2D eigenvalue weighted by Crippen LogP contribution is -2.60. The van der Waals surface area contributed by atoms with Crippen molar-refractivity contribution in [3.63, 3.8) is 0 Å². The maximum atomic E-state index is 14.4. The van der Waals surface area contributed by atoms with Crippen LogP contribution in [-0.2, 0) is 67.2 Å². The van der Waals surface area contributed by atoms with Crippen molar-refractivity contribution in [2.24, 2.45) is 17.6 Å². The van der Waals surface area contributed by atoms with Gasteiger partial charge in [0.15, 0.2) is 0 Å². The maximum Gasteiger partial charge on any atom is 0.326 e. The van der Waals surface area contributed by atoms with Crippen molar-refractivity contribution in [3.8, 4) is 0 Å². The van der Waals surface area contributed by atoms with Gasteiger partial charge in [-0.15, -0.1) is 0 Å². The highest BCUT2D eigenvalue weighted by atomic mass is 16.4. The van der Waals surface area contributed by atoms with Crippen LogP contribution in [0.1, 0.15) is 83.9 Å². The van der Waals surface area contributed by atoms with Crippen LogP contribution < -0.4 is 43.0 Å². The van der Waals surface area contributed by atoms with Gasteiger partial charge in [0.1, 0.15) is 48.3 Å². The van der Waals surface area contributed by atoms with Crippen LogP contribution in [0.3, 0.4) is 0 Å². The normalized spacial score (nSPS) is 16.4. The Bertz CT molecular complexity index is 2430. The molecule has 4 rings (SSSR count). The fraction of sp³-hybridized carbons (Fsp3) is 0.472. The highest BCUT2D eigenvalue weighted by Crippen LogP contribution is 2.20. The largest absolute Gasteiger partial charge is 0.481 e. The minimum atomic E-state index is -1.36. The van der Waals surface area contributed by atoms with Crippen LogP contribution >= 0.6 is 0 Å². The SMILES string of the molecule is CC(C)C[C@H](NC(=O)[C@H](C)NC(=O)[C@H](C)NC(=O)[C@@H](NC(=O)[C@@H]1CCCN1C(=O)[C@@H](N)CC(=O)O)C(C)C)C(=O)N[C@@H](Cc1ccccc1)C(=O)N[C@@H](Cc1ccccc1)C(=O)N[C@@H](Cc1ccccc1)C(=O)O. The molecule has 21 nitrogen and oxygen atoms in total. The lowest BCUT2D eigenvalue weighted by Gasteiger charge is -2.29. The molecule has 11 N–H and O–H groups in total. The van der Waals surface area contributed by atoms with E-state index in [1.165, 1.54) is 18.7 Å². The Morgan fingerprint density at radius 2 is 0.946 bits per heavy atom. The first-order valence-corrected chi connectivity index (χ1v) is 24.8. The molecule has 0 saturated carbocycles. The number of likely N-dealkylation sites (tertiary alicyclic amines) is 1. The quantitative estimate of drug-likeness (QED) is 0.0504. The number of carbonyl (C=O) groups is 10. The molecule has 0 aromatic heterocycles. The number of aliphatic carboxylic acids is 2. The number of carboxylic acid groups (broad SMARTS) is 2. The summed E-state index contributed by atoms with van der Waals surface area (Å²) in [7, 11) is 0. The van der Waals surface area contributed by atoms with Crippen molar-refractivity contribution < 1.29 is 58.2 Å². The number of rotatable bonds is 27. The summed E-state index contributed by atoms with van der Waals surface area (Å²) in [5.41, 5.74) is 7.78. The van der Waals surface area contributed by atoms with Crippen LogP contribution in [0.5, 0.6) is 0 Å². The number of nitrogens with zero attached hydrogens (tertiary/aromatic N) is 1. The van der Waals surface area contributed by atoms with Crippen molar-refractivity contribution in [2.45, 2.75) is 141 Å². The number of benzene rings is 3. The highest BCUT2D eigenvalue weighted by molar-refractivity contribution is 5.98. The number of carboxylic acids is 2. The molecule has 21 heteroatoms. The monoisotopic (exact) mass is 1030 g/mol. The summed E-state index contributed by atoms with van der Waals surface area (Å²) < 4.78 is 0. The fourth-order valence-corrected chi connectivity index (χ4v) is 8.33. The topological polar surface area (TPSA) is 325 Å². The van der Waals surface area contributed by atoms with Crippen molar-refractivity contribution in [2.75, 3.05) is 6.54 Å². The van der Waals surface area contributed by atoms with Gasteiger partial charge in [-0.1, -0.05) is 119 Å². The average Bonchev–Trinajstić information content (AvgIpc) is 3.85. The molecule has 1 heterocycles. The van der Waals surface area contributed by atoms with Crippen molar-refractivity contribution in [3.05, 3.63) is 108 Å². The molecule has 0 aliphatic carbocycles. The van der Waals surface area contributed by atoms with Crippen LogP contribution in [0.25, 0.3) is 0 Å². The first-order chi connectivity index (χ1) is 35.0. The molecule has 3 aromatic rings. The molecule has 400 valence electrons.